The summed E-state index contributed by atoms with van der Waals surface area (Å²) in [6.07, 6.45) is 0. The third-order valence-electron chi connectivity index (χ3n) is 3.14. The molecular weight excluding hydrogens is 276 g/mol. The minimum absolute atomic E-state index is 0.0526. The number of aromatic carboxylic acids is 1. The molecule has 0 amide bonds. The van der Waals surface area contributed by atoms with Crippen molar-refractivity contribution in [3.63, 3.8) is 0 Å². The zero-order valence-corrected chi connectivity index (χ0v) is 11.1. The number of carbonyl (C=O) groups is 1. The molecule has 108 valence electrons. The number of carboxylic acid groups (broad SMARTS) is 1. The molecule has 7 heteroatoms. The monoisotopic (exact) mass is 288 g/mol. The van der Waals surface area contributed by atoms with Gasteiger partial charge in [-0.15, -0.1) is 0 Å². The van der Waals surface area contributed by atoms with Crippen LogP contribution in [0.15, 0.2) is 41.2 Å². The van der Waals surface area contributed by atoms with E-state index in [2.05, 4.69) is 0 Å². The number of nitro groups is 1. The first-order valence-electron chi connectivity index (χ1n) is 6.08. The first-order chi connectivity index (χ1) is 9.91. The van der Waals surface area contributed by atoms with Crippen LogP contribution in [-0.2, 0) is 6.54 Å². The lowest BCUT2D eigenvalue weighted by Crippen LogP contribution is -2.28. The van der Waals surface area contributed by atoms with Crippen LogP contribution in [0.1, 0.15) is 21.6 Å². The Bertz CT molecular complexity index is 779. The van der Waals surface area contributed by atoms with Gasteiger partial charge in [0, 0.05) is 17.3 Å². The maximum Gasteiger partial charge on any atom is 0.341 e. The average molecular weight is 288 g/mol. The van der Waals surface area contributed by atoms with Crippen LogP contribution < -0.4 is 5.56 Å². The Morgan fingerprint density at radius 2 is 1.95 bits per heavy atom. The SMILES string of the molecule is Cc1ccc(C(=O)O)c(=O)n1Cc1ccccc1[N+](=O)[O-]. The van der Waals surface area contributed by atoms with Gasteiger partial charge in [0.05, 0.1) is 11.5 Å². The van der Waals surface area contributed by atoms with E-state index in [-0.39, 0.29) is 17.8 Å². The van der Waals surface area contributed by atoms with E-state index < -0.39 is 16.5 Å². The van der Waals surface area contributed by atoms with Gasteiger partial charge in [-0.2, -0.15) is 0 Å². The van der Waals surface area contributed by atoms with E-state index in [4.69, 9.17) is 5.11 Å². The highest BCUT2D eigenvalue weighted by atomic mass is 16.6. The number of nitro benzene ring substituents is 1. The highest BCUT2D eigenvalue weighted by Gasteiger charge is 2.17. The molecule has 7 nitrogen and oxygen atoms in total. The molecule has 0 aliphatic heterocycles. The molecule has 0 radical (unpaired) electrons. The molecule has 0 aliphatic carbocycles. The highest BCUT2D eigenvalue weighted by Crippen LogP contribution is 2.18. The van der Waals surface area contributed by atoms with E-state index in [1.807, 2.05) is 0 Å². The van der Waals surface area contributed by atoms with Gasteiger partial charge in [0.1, 0.15) is 5.56 Å². The molecular formula is C14H12N2O5. The summed E-state index contributed by atoms with van der Waals surface area (Å²) in [5.74, 6) is -1.32. The number of benzene rings is 1. The molecule has 0 aliphatic rings. The second-order valence-electron chi connectivity index (χ2n) is 4.47. The van der Waals surface area contributed by atoms with Crippen molar-refractivity contribution in [2.24, 2.45) is 0 Å². The summed E-state index contributed by atoms with van der Waals surface area (Å²) in [6, 6.07) is 8.78. The summed E-state index contributed by atoms with van der Waals surface area (Å²) in [5, 5.41) is 19.9. The van der Waals surface area contributed by atoms with Gasteiger partial charge in [0.15, 0.2) is 0 Å². The van der Waals surface area contributed by atoms with E-state index in [1.54, 1.807) is 13.0 Å². The fraction of sp³-hybridized carbons (Fsp3) is 0.143. The van der Waals surface area contributed by atoms with Gasteiger partial charge in [-0.3, -0.25) is 14.9 Å². The second kappa shape index (κ2) is 5.58. The van der Waals surface area contributed by atoms with Gasteiger partial charge in [-0.25, -0.2) is 4.79 Å². The van der Waals surface area contributed by atoms with E-state index >= 15 is 0 Å². The van der Waals surface area contributed by atoms with E-state index in [0.717, 1.165) is 0 Å². The fourth-order valence-corrected chi connectivity index (χ4v) is 2.02. The lowest BCUT2D eigenvalue weighted by molar-refractivity contribution is -0.385. The molecule has 0 saturated heterocycles. The largest absolute Gasteiger partial charge is 0.477 e. The molecule has 0 atom stereocenters. The van der Waals surface area contributed by atoms with Crippen LogP contribution in [0.5, 0.6) is 0 Å². The number of carboxylic acids is 1. The number of pyridine rings is 1. The van der Waals surface area contributed by atoms with Gasteiger partial charge in [-0.05, 0) is 19.1 Å². The summed E-state index contributed by atoms with van der Waals surface area (Å²) in [7, 11) is 0. The van der Waals surface area contributed by atoms with Crippen molar-refractivity contribution in [2.75, 3.05) is 0 Å². The lowest BCUT2D eigenvalue weighted by atomic mass is 10.1. The van der Waals surface area contributed by atoms with Crippen molar-refractivity contribution in [1.29, 1.82) is 0 Å². The Hall–Kier alpha value is -2.96. The molecule has 1 aromatic carbocycles. The maximum absolute atomic E-state index is 12.1. The molecule has 0 saturated carbocycles. The minimum Gasteiger partial charge on any atom is -0.477 e. The average Bonchev–Trinajstić information content (AvgIpc) is 2.43. The second-order valence-corrected chi connectivity index (χ2v) is 4.47. The number of rotatable bonds is 4. The van der Waals surface area contributed by atoms with Gasteiger partial charge >= 0.3 is 5.97 Å². The van der Waals surface area contributed by atoms with Crippen LogP contribution in [0.25, 0.3) is 0 Å². The number of hydrogen-bond donors (Lipinski definition) is 1. The Labute approximate surface area is 119 Å². The molecule has 1 N–H and O–H groups in total. The summed E-state index contributed by atoms with van der Waals surface area (Å²) in [4.78, 5) is 33.6. The van der Waals surface area contributed by atoms with E-state index in [1.165, 1.54) is 34.9 Å². The molecule has 0 unspecified atom stereocenters. The Morgan fingerprint density at radius 3 is 2.57 bits per heavy atom. The number of nitrogens with zero attached hydrogens (tertiary/aromatic N) is 2. The molecule has 2 aromatic rings. The van der Waals surface area contributed by atoms with Crippen molar-refractivity contribution in [3.8, 4) is 0 Å². The molecule has 1 heterocycles. The Morgan fingerprint density at radius 1 is 1.29 bits per heavy atom. The smallest absolute Gasteiger partial charge is 0.341 e. The van der Waals surface area contributed by atoms with Gasteiger partial charge in [0.2, 0.25) is 0 Å². The summed E-state index contributed by atoms with van der Waals surface area (Å²) < 4.78 is 1.21. The number of aryl methyl sites for hydroxylation is 1. The van der Waals surface area contributed by atoms with E-state index in [9.17, 15) is 19.7 Å². The first-order valence-corrected chi connectivity index (χ1v) is 6.08. The number of aromatic nitrogens is 1. The molecule has 0 fully saturated rings. The Kier molecular flexibility index (Phi) is 3.84. The zero-order valence-electron chi connectivity index (χ0n) is 11.1. The van der Waals surface area contributed by atoms with Crippen molar-refractivity contribution in [3.05, 3.63) is 73.7 Å². The van der Waals surface area contributed by atoms with Gasteiger partial charge in [0.25, 0.3) is 11.2 Å². The van der Waals surface area contributed by atoms with Crippen LogP contribution in [0, 0.1) is 17.0 Å². The van der Waals surface area contributed by atoms with Crippen molar-refractivity contribution in [2.45, 2.75) is 13.5 Å². The first kappa shape index (κ1) is 14.4. The summed E-state index contributed by atoms with van der Waals surface area (Å²) in [6.45, 7) is 1.59. The van der Waals surface area contributed by atoms with Crippen LogP contribution >= 0.6 is 0 Å². The summed E-state index contributed by atoms with van der Waals surface area (Å²) in [5.41, 5.74) is -0.275. The molecule has 0 bridgehead atoms. The third kappa shape index (κ3) is 2.81. The predicted molar refractivity (Wildman–Crippen MR) is 74.6 cm³/mol. The van der Waals surface area contributed by atoms with E-state index in [0.29, 0.717) is 11.3 Å². The number of para-hydroxylation sites is 1. The fourth-order valence-electron chi connectivity index (χ4n) is 2.02. The van der Waals surface area contributed by atoms with Gasteiger partial charge < -0.3 is 9.67 Å². The van der Waals surface area contributed by atoms with Crippen LogP contribution in [-0.4, -0.2) is 20.6 Å². The van der Waals surface area contributed by atoms with Gasteiger partial charge in [-0.1, -0.05) is 18.2 Å². The van der Waals surface area contributed by atoms with Crippen LogP contribution in [0.2, 0.25) is 0 Å². The van der Waals surface area contributed by atoms with Crippen LogP contribution in [0.3, 0.4) is 0 Å². The van der Waals surface area contributed by atoms with Crippen LogP contribution in [0.4, 0.5) is 5.69 Å². The molecule has 21 heavy (non-hydrogen) atoms. The summed E-state index contributed by atoms with van der Waals surface area (Å²) >= 11 is 0. The highest BCUT2D eigenvalue weighted by molar-refractivity contribution is 5.87. The quantitative estimate of drug-likeness (QED) is 0.682. The number of hydrogen-bond acceptors (Lipinski definition) is 4. The topological polar surface area (TPSA) is 102 Å². The molecule has 0 spiro atoms. The third-order valence-corrected chi connectivity index (χ3v) is 3.14. The Balaban J connectivity index is 2.55. The molecule has 2 rings (SSSR count). The normalized spacial score (nSPS) is 10.3. The molecule has 1 aromatic heterocycles. The van der Waals surface area contributed by atoms with Crippen molar-refractivity contribution >= 4 is 11.7 Å². The van der Waals surface area contributed by atoms with Crippen molar-refractivity contribution < 1.29 is 14.8 Å². The zero-order chi connectivity index (χ0) is 15.6. The lowest BCUT2D eigenvalue weighted by Gasteiger charge is -2.11. The maximum atomic E-state index is 12.1. The predicted octanol–water partition coefficient (Wildman–Crippen LogP) is 1.81. The standard InChI is InChI=1S/C14H12N2O5/c1-9-6-7-11(14(18)19)13(17)15(9)8-10-4-2-3-5-12(10)16(20)21/h2-7H,8H2,1H3,(H,18,19). The minimum atomic E-state index is -1.32. The van der Waals surface area contributed by atoms with Crippen molar-refractivity contribution in [1.82, 2.24) is 4.57 Å².